The lowest BCUT2D eigenvalue weighted by atomic mass is 10.1. The number of amides is 1. The number of nitrogens with one attached hydrogen (secondary N) is 1. The first-order valence-electron chi connectivity index (χ1n) is 7.06. The number of rotatable bonds is 8. The van der Waals surface area contributed by atoms with E-state index in [0.29, 0.717) is 6.04 Å². The normalized spacial score (nSPS) is 16.1. The second-order valence-electron chi connectivity index (χ2n) is 5.10. The van der Waals surface area contributed by atoms with Crippen molar-refractivity contribution in [2.75, 3.05) is 18.0 Å². The molecule has 19 heavy (non-hydrogen) atoms. The summed E-state index contributed by atoms with van der Waals surface area (Å²) in [4.78, 5) is 13.7. The first-order valence-corrected chi connectivity index (χ1v) is 7.06. The van der Waals surface area contributed by atoms with E-state index in [1.807, 2.05) is 18.2 Å². The summed E-state index contributed by atoms with van der Waals surface area (Å²) in [5, 5.41) is 3.32. The van der Waals surface area contributed by atoms with Crippen molar-refractivity contribution < 1.29 is 4.79 Å². The van der Waals surface area contributed by atoms with Gasteiger partial charge in [-0.2, -0.15) is 0 Å². The molecule has 1 unspecified atom stereocenters. The second kappa shape index (κ2) is 6.57. The minimum absolute atomic E-state index is 0.203. The van der Waals surface area contributed by atoms with Crippen LogP contribution in [0, 0.1) is 0 Å². The monoisotopic (exact) mass is 261 g/mol. The third kappa shape index (κ3) is 4.24. The Labute approximate surface area is 115 Å². The number of nitrogens with zero attached hydrogens (tertiary/aromatic N) is 1. The van der Waals surface area contributed by atoms with Crippen molar-refractivity contribution in [3.63, 3.8) is 0 Å². The maximum Gasteiger partial charge on any atom is 0.234 e. The molecular formula is C15H23N3O. The maximum absolute atomic E-state index is 11.4. The van der Waals surface area contributed by atoms with Crippen molar-refractivity contribution in [3.05, 3.63) is 30.3 Å². The Bertz CT molecular complexity index is 403. The van der Waals surface area contributed by atoms with Crippen molar-refractivity contribution in [2.24, 2.45) is 5.73 Å². The molecule has 2 rings (SSSR count). The lowest BCUT2D eigenvalue weighted by molar-refractivity contribution is -0.120. The summed E-state index contributed by atoms with van der Waals surface area (Å²) in [5.41, 5.74) is 6.65. The molecule has 1 atom stereocenters. The molecule has 1 aromatic carbocycles. The molecule has 1 aliphatic carbocycles. The average Bonchev–Trinajstić information content (AvgIpc) is 3.23. The summed E-state index contributed by atoms with van der Waals surface area (Å²) in [7, 11) is 0. The summed E-state index contributed by atoms with van der Waals surface area (Å²) in [6.45, 7) is 3.90. The van der Waals surface area contributed by atoms with Gasteiger partial charge in [-0.05, 0) is 38.3 Å². The first-order chi connectivity index (χ1) is 9.20. The fourth-order valence-electron chi connectivity index (χ4n) is 2.24. The van der Waals surface area contributed by atoms with Gasteiger partial charge in [0.15, 0.2) is 0 Å². The summed E-state index contributed by atoms with van der Waals surface area (Å²) in [6, 6.07) is 10.6. The molecular weight excluding hydrogens is 238 g/mol. The van der Waals surface area contributed by atoms with Crippen molar-refractivity contribution in [3.8, 4) is 0 Å². The van der Waals surface area contributed by atoms with Gasteiger partial charge in [0.25, 0.3) is 0 Å². The van der Waals surface area contributed by atoms with Gasteiger partial charge in [0, 0.05) is 24.8 Å². The van der Waals surface area contributed by atoms with E-state index in [2.05, 4.69) is 29.3 Å². The largest absolute Gasteiger partial charge is 0.372 e. The molecule has 0 aliphatic heterocycles. The van der Waals surface area contributed by atoms with E-state index < -0.39 is 0 Å². The Hall–Kier alpha value is -1.55. The van der Waals surface area contributed by atoms with Crippen LogP contribution in [-0.4, -0.2) is 31.1 Å². The van der Waals surface area contributed by atoms with E-state index in [1.54, 1.807) is 0 Å². The summed E-state index contributed by atoms with van der Waals surface area (Å²) in [5.74, 6) is -0.240. The number of para-hydroxylation sites is 1. The van der Waals surface area contributed by atoms with Crippen LogP contribution in [0.1, 0.15) is 26.2 Å². The minimum atomic E-state index is -0.240. The molecule has 0 spiro atoms. The summed E-state index contributed by atoms with van der Waals surface area (Å²) < 4.78 is 0. The number of anilines is 1. The van der Waals surface area contributed by atoms with Gasteiger partial charge in [-0.1, -0.05) is 18.2 Å². The van der Waals surface area contributed by atoms with E-state index >= 15 is 0 Å². The Kier molecular flexibility index (Phi) is 4.80. The lowest BCUT2D eigenvalue weighted by Gasteiger charge is -2.25. The van der Waals surface area contributed by atoms with Crippen LogP contribution in [0.5, 0.6) is 0 Å². The highest BCUT2D eigenvalue weighted by molar-refractivity contribution is 5.80. The molecule has 0 radical (unpaired) electrons. The highest BCUT2D eigenvalue weighted by Crippen LogP contribution is 2.20. The topological polar surface area (TPSA) is 58.4 Å². The zero-order chi connectivity index (χ0) is 13.7. The van der Waals surface area contributed by atoms with Crippen molar-refractivity contribution in [2.45, 2.75) is 38.3 Å². The fourth-order valence-corrected chi connectivity index (χ4v) is 2.24. The minimum Gasteiger partial charge on any atom is -0.372 e. The van der Waals surface area contributed by atoms with E-state index in [9.17, 15) is 4.79 Å². The van der Waals surface area contributed by atoms with Crippen LogP contribution in [-0.2, 0) is 4.79 Å². The van der Waals surface area contributed by atoms with Crippen LogP contribution in [0.15, 0.2) is 30.3 Å². The van der Waals surface area contributed by atoms with Gasteiger partial charge < -0.3 is 16.0 Å². The zero-order valence-corrected chi connectivity index (χ0v) is 11.5. The van der Waals surface area contributed by atoms with Crippen LogP contribution in [0.2, 0.25) is 0 Å². The number of hydrogen-bond acceptors (Lipinski definition) is 3. The number of carbonyl (C=O) groups is 1. The van der Waals surface area contributed by atoms with E-state index in [4.69, 9.17) is 5.73 Å². The van der Waals surface area contributed by atoms with Crippen molar-refractivity contribution in [1.82, 2.24) is 5.32 Å². The van der Waals surface area contributed by atoms with Gasteiger partial charge >= 0.3 is 0 Å². The van der Waals surface area contributed by atoms with Gasteiger partial charge in [0.2, 0.25) is 5.91 Å². The second-order valence-corrected chi connectivity index (χ2v) is 5.10. The molecule has 1 aliphatic rings. The molecule has 0 bridgehead atoms. The number of hydrogen-bond donors (Lipinski definition) is 2. The SMILES string of the molecule is CCN(CCC(NC1CC1)C(N)=O)c1ccccc1. The van der Waals surface area contributed by atoms with E-state index in [-0.39, 0.29) is 11.9 Å². The lowest BCUT2D eigenvalue weighted by Crippen LogP contribution is -2.44. The van der Waals surface area contributed by atoms with Gasteiger partial charge in [-0.15, -0.1) is 0 Å². The first kappa shape index (κ1) is 13.9. The number of carbonyl (C=O) groups excluding carboxylic acids is 1. The average molecular weight is 261 g/mol. The van der Waals surface area contributed by atoms with Crippen LogP contribution >= 0.6 is 0 Å². The third-order valence-electron chi connectivity index (χ3n) is 3.55. The third-order valence-corrected chi connectivity index (χ3v) is 3.55. The van der Waals surface area contributed by atoms with Crippen LogP contribution in [0.3, 0.4) is 0 Å². The number of benzene rings is 1. The standard InChI is InChI=1S/C15H23N3O/c1-2-18(13-6-4-3-5-7-13)11-10-14(15(16)19)17-12-8-9-12/h3-7,12,14,17H,2,8-11H2,1H3,(H2,16,19). The molecule has 1 amide bonds. The predicted molar refractivity (Wildman–Crippen MR) is 78.1 cm³/mol. The smallest absolute Gasteiger partial charge is 0.234 e. The molecule has 4 heteroatoms. The predicted octanol–water partition coefficient (Wildman–Crippen LogP) is 1.51. The fraction of sp³-hybridized carbons (Fsp3) is 0.533. The molecule has 0 aromatic heterocycles. The van der Waals surface area contributed by atoms with Gasteiger partial charge in [0.1, 0.15) is 0 Å². The van der Waals surface area contributed by atoms with E-state index in [1.165, 1.54) is 18.5 Å². The Morgan fingerprint density at radius 1 is 1.42 bits per heavy atom. The van der Waals surface area contributed by atoms with Gasteiger partial charge in [0.05, 0.1) is 6.04 Å². The molecule has 4 nitrogen and oxygen atoms in total. The Morgan fingerprint density at radius 2 is 2.11 bits per heavy atom. The highest BCUT2D eigenvalue weighted by atomic mass is 16.1. The van der Waals surface area contributed by atoms with Crippen molar-refractivity contribution >= 4 is 11.6 Å². The number of primary amides is 1. The molecule has 1 saturated carbocycles. The van der Waals surface area contributed by atoms with Crippen molar-refractivity contribution in [1.29, 1.82) is 0 Å². The quantitative estimate of drug-likeness (QED) is 0.746. The Morgan fingerprint density at radius 3 is 2.63 bits per heavy atom. The van der Waals surface area contributed by atoms with Gasteiger partial charge in [-0.25, -0.2) is 0 Å². The molecule has 0 saturated heterocycles. The summed E-state index contributed by atoms with van der Waals surface area (Å²) >= 11 is 0. The van der Waals surface area contributed by atoms with Crippen LogP contribution in [0.4, 0.5) is 5.69 Å². The van der Waals surface area contributed by atoms with Crippen LogP contribution < -0.4 is 16.0 Å². The molecule has 3 N–H and O–H groups in total. The molecule has 0 heterocycles. The van der Waals surface area contributed by atoms with Crippen LogP contribution in [0.25, 0.3) is 0 Å². The highest BCUT2D eigenvalue weighted by Gasteiger charge is 2.27. The molecule has 1 aromatic rings. The zero-order valence-electron chi connectivity index (χ0n) is 11.5. The molecule has 104 valence electrons. The van der Waals surface area contributed by atoms with E-state index in [0.717, 1.165) is 19.5 Å². The molecule has 1 fully saturated rings. The maximum atomic E-state index is 11.4. The van der Waals surface area contributed by atoms with Gasteiger partial charge in [-0.3, -0.25) is 4.79 Å². The Balaban J connectivity index is 1.88. The summed E-state index contributed by atoms with van der Waals surface area (Å²) in [6.07, 6.45) is 3.09. The number of nitrogens with two attached hydrogens (primary N) is 1.